The van der Waals surface area contributed by atoms with Crippen molar-refractivity contribution in [2.24, 2.45) is 0 Å². The van der Waals surface area contributed by atoms with Gasteiger partial charge in [0.25, 0.3) is 0 Å². The van der Waals surface area contributed by atoms with E-state index in [9.17, 15) is 0 Å². The first-order valence-corrected chi connectivity index (χ1v) is 7.23. The van der Waals surface area contributed by atoms with Gasteiger partial charge >= 0.3 is 0 Å². The summed E-state index contributed by atoms with van der Waals surface area (Å²) >= 11 is 5.95. The number of nitrogens with zero attached hydrogens (tertiary/aromatic N) is 4. The van der Waals surface area contributed by atoms with Crippen LogP contribution in [0.3, 0.4) is 0 Å². The quantitative estimate of drug-likeness (QED) is 0.602. The van der Waals surface area contributed by atoms with E-state index in [0.717, 1.165) is 18.7 Å². The van der Waals surface area contributed by atoms with E-state index in [4.69, 9.17) is 21.1 Å². The van der Waals surface area contributed by atoms with Gasteiger partial charge in [-0.25, -0.2) is 0 Å². The molecule has 1 saturated heterocycles. The van der Waals surface area contributed by atoms with E-state index in [0.29, 0.717) is 44.9 Å². The van der Waals surface area contributed by atoms with Crippen LogP contribution in [0.5, 0.6) is 0 Å². The van der Waals surface area contributed by atoms with Gasteiger partial charge in [0.15, 0.2) is 0 Å². The average molecular weight is 314 g/mol. The Labute approximate surface area is 129 Å². The van der Waals surface area contributed by atoms with Crippen molar-refractivity contribution in [1.29, 1.82) is 0 Å². The molecule has 0 atom stereocenters. The van der Waals surface area contributed by atoms with Crippen molar-refractivity contribution in [2.75, 3.05) is 56.3 Å². The predicted molar refractivity (Wildman–Crippen MR) is 82.0 cm³/mol. The molecule has 0 radical (unpaired) electrons. The smallest absolute Gasteiger partial charge is 0.231 e. The van der Waals surface area contributed by atoms with Crippen LogP contribution in [-0.2, 0) is 9.47 Å². The molecule has 1 aliphatic rings. The fourth-order valence-electron chi connectivity index (χ4n) is 1.80. The molecule has 2 rings (SSSR count). The number of morpholine rings is 1. The zero-order valence-electron chi connectivity index (χ0n) is 12.1. The monoisotopic (exact) mass is 313 g/mol. The minimum absolute atomic E-state index is 0.178. The van der Waals surface area contributed by atoms with Crippen molar-refractivity contribution >= 4 is 23.5 Å². The van der Waals surface area contributed by atoms with Gasteiger partial charge in [0.1, 0.15) is 0 Å². The second-order valence-electron chi connectivity index (χ2n) is 4.76. The first kappa shape index (κ1) is 15.9. The van der Waals surface area contributed by atoms with Gasteiger partial charge in [-0.2, -0.15) is 15.0 Å². The Morgan fingerprint density at radius 1 is 1.38 bits per heavy atom. The van der Waals surface area contributed by atoms with Gasteiger partial charge in [-0.3, -0.25) is 0 Å². The molecular weight excluding hydrogens is 294 g/mol. The zero-order chi connectivity index (χ0) is 15.1. The van der Waals surface area contributed by atoms with Crippen LogP contribution in [0.1, 0.15) is 6.92 Å². The molecular formula is C13H20ClN5O2. The van der Waals surface area contributed by atoms with Gasteiger partial charge in [-0.1, -0.05) is 12.2 Å². The standard InChI is InChI=1S/C13H20ClN5O2/c1-10(2)9-21-6-3-15-12-16-11(14)17-13(18-12)19-4-7-20-8-5-19/h1,3-9H2,2H3,(H,15,16,17,18). The molecule has 0 saturated carbocycles. The molecule has 7 nitrogen and oxygen atoms in total. The Morgan fingerprint density at radius 2 is 2.14 bits per heavy atom. The van der Waals surface area contributed by atoms with Crippen LogP contribution in [0.25, 0.3) is 0 Å². The Bertz CT molecular complexity index is 480. The SMILES string of the molecule is C=C(C)COCCNc1nc(Cl)nc(N2CCOCC2)n1. The summed E-state index contributed by atoms with van der Waals surface area (Å²) in [6, 6.07) is 0. The van der Waals surface area contributed by atoms with E-state index < -0.39 is 0 Å². The molecule has 1 aromatic rings. The van der Waals surface area contributed by atoms with Crippen molar-refractivity contribution in [3.05, 3.63) is 17.4 Å². The highest BCUT2D eigenvalue weighted by molar-refractivity contribution is 6.28. The number of nitrogens with one attached hydrogen (secondary N) is 1. The molecule has 1 N–H and O–H groups in total. The Kier molecular flexibility index (Phi) is 6.16. The fourth-order valence-corrected chi connectivity index (χ4v) is 1.96. The Balaban J connectivity index is 1.87. The third-order valence-electron chi connectivity index (χ3n) is 2.77. The van der Waals surface area contributed by atoms with Gasteiger partial charge in [0.05, 0.1) is 26.4 Å². The largest absolute Gasteiger partial charge is 0.378 e. The molecule has 0 bridgehead atoms. The number of aromatic nitrogens is 3. The summed E-state index contributed by atoms with van der Waals surface area (Å²) in [4.78, 5) is 14.6. The van der Waals surface area contributed by atoms with E-state index in [1.165, 1.54) is 0 Å². The van der Waals surface area contributed by atoms with Crippen molar-refractivity contribution in [3.63, 3.8) is 0 Å². The van der Waals surface area contributed by atoms with Crippen LogP contribution in [0.15, 0.2) is 12.2 Å². The predicted octanol–water partition coefficient (Wildman–Crippen LogP) is 1.37. The summed E-state index contributed by atoms with van der Waals surface area (Å²) in [6.45, 7) is 10.2. The van der Waals surface area contributed by atoms with Crippen LogP contribution in [0.4, 0.5) is 11.9 Å². The van der Waals surface area contributed by atoms with Gasteiger partial charge < -0.3 is 19.7 Å². The van der Waals surface area contributed by atoms with Crippen LogP contribution in [0.2, 0.25) is 5.28 Å². The van der Waals surface area contributed by atoms with E-state index in [-0.39, 0.29) is 5.28 Å². The molecule has 0 aromatic carbocycles. The molecule has 0 aliphatic carbocycles. The lowest BCUT2D eigenvalue weighted by Gasteiger charge is -2.26. The maximum Gasteiger partial charge on any atom is 0.231 e. The Morgan fingerprint density at radius 3 is 2.86 bits per heavy atom. The van der Waals surface area contributed by atoms with Gasteiger partial charge in [0, 0.05) is 19.6 Å². The molecule has 0 amide bonds. The van der Waals surface area contributed by atoms with Crippen molar-refractivity contribution in [3.8, 4) is 0 Å². The van der Waals surface area contributed by atoms with E-state index >= 15 is 0 Å². The zero-order valence-corrected chi connectivity index (χ0v) is 12.9. The molecule has 1 aliphatic heterocycles. The molecule has 0 spiro atoms. The molecule has 2 heterocycles. The number of halogens is 1. The minimum Gasteiger partial charge on any atom is -0.378 e. The number of hydrogen-bond acceptors (Lipinski definition) is 7. The summed E-state index contributed by atoms with van der Waals surface area (Å²) in [6.07, 6.45) is 0. The first-order chi connectivity index (χ1) is 10.1. The van der Waals surface area contributed by atoms with Crippen molar-refractivity contribution < 1.29 is 9.47 Å². The fraction of sp³-hybridized carbons (Fsp3) is 0.615. The third kappa shape index (κ3) is 5.45. The lowest BCUT2D eigenvalue weighted by Crippen LogP contribution is -2.37. The molecule has 0 unspecified atom stereocenters. The van der Waals surface area contributed by atoms with E-state index in [1.54, 1.807) is 0 Å². The van der Waals surface area contributed by atoms with E-state index in [1.807, 2.05) is 11.8 Å². The summed E-state index contributed by atoms with van der Waals surface area (Å²) in [7, 11) is 0. The molecule has 21 heavy (non-hydrogen) atoms. The lowest BCUT2D eigenvalue weighted by molar-refractivity contribution is 0.122. The first-order valence-electron chi connectivity index (χ1n) is 6.85. The minimum atomic E-state index is 0.178. The molecule has 116 valence electrons. The highest BCUT2D eigenvalue weighted by Crippen LogP contribution is 2.14. The lowest BCUT2D eigenvalue weighted by atomic mass is 10.4. The molecule has 1 aromatic heterocycles. The van der Waals surface area contributed by atoms with Crippen molar-refractivity contribution in [2.45, 2.75) is 6.92 Å². The van der Waals surface area contributed by atoms with Gasteiger partial charge in [-0.15, -0.1) is 0 Å². The molecule has 1 fully saturated rings. The normalized spacial score (nSPS) is 15.0. The Hall–Kier alpha value is -1.44. The second kappa shape index (κ2) is 8.11. The maximum absolute atomic E-state index is 5.95. The maximum atomic E-state index is 5.95. The second-order valence-corrected chi connectivity index (χ2v) is 5.10. The third-order valence-corrected chi connectivity index (χ3v) is 2.94. The number of hydrogen-bond donors (Lipinski definition) is 1. The average Bonchev–Trinajstić information content (AvgIpc) is 2.47. The van der Waals surface area contributed by atoms with Crippen LogP contribution < -0.4 is 10.2 Å². The van der Waals surface area contributed by atoms with E-state index in [2.05, 4.69) is 26.8 Å². The van der Waals surface area contributed by atoms with Crippen LogP contribution >= 0.6 is 11.6 Å². The number of anilines is 2. The molecule has 8 heteroatoms. The highest BCUT2D eigenvalue weighted by atomic mass is 35.5. The summed E-state index contributed by atoms with van der Waals surface area (Å²) in [5.41, 5.74) is 0.993. The number of rotatable bonds is 7. The number of ether oxygens (including phenoxy) is 2. The summed E-state index contributed by atoms with van der Waals surface area (Å²) < 4.78 is 10.7. The highest BCUT2D eigenvalue weighted by Gasteiger charge is 2.15. The van der Waals surface area contributed by atoms with Crippen LogP contribution in [0, 0.1) is 0 Å². The topological polar surface area (TPSA) is 72.4 Å². The van der Waals surface area contributed by atoms with Gasteiger partial charge in [-0.05, 0) is 18.5 Å². The summed E-state index contributed by atoms with van der Waals surface area (Å²) in [5.74, 6) is 1.03. The van der Waals surface area contributed by atoms with Crippen molar-refractivity contribution in [1.82, 2.24) is 15.0 Å². The van der Waals surface area contributed by atoms with Crippen LogP contribution in [-0.4, -0.2) is 61.0 Å². The summed E-state index contributed by atoms with van der Waals surface area (Å²) in [5, 5.41) is 3.26. The van der Waals surface area contributed by atoms with Gasteiger partial charge in [0.2, 0.25) is 17.2 Å².